The Morgan fingerprint density at radius 3 is 2.88 bits per heavy atom. The van der Waals surface area contributed by atoms with Gasteiger partial charge in [-0.15, -0.1) is 0 Å². The van der Waals surface area contributed by atoms with E-state index in [9.17, 15) is 0 Å². The zero-order chi connectivity index (χ0) is 5.98. The maximum absolute atomic E-state index is 8.81. The van der Waals surface area contributed by atoms with Gasteiger partial charge in [-0.05, 0) is 0 Å². The Kier molecular flexibility index (Phi) is 1.79. The SMILES string of the molecule is OC1N=CN=CN1I. The molecule has 0 saturated carbocycles. The number of hydrogen-bond donors (Lipinski definition) is 1. The van der Waals surface area contributed by atoms with Crippen molar-refractivity contribution in [3.05, 3.63) is 0 Å². The van der Waals surface area contributed by atoms with Crippen LogP contribution in [0.25, 0.3) is 0 Å². The summed E-state index contributed by atoms with van der Waals surface area (Å²) >= 11 is 1.90. The molecule has 0 spiro atoms. The lowest BCUT2D eigenvalue weighted by Crippen LogP contribution is -2.25. The van der Waals surface area contributed by atoms with E-state index < -0.39 is 6.35 Å². The van der Waals surface area contributed by atoms with Crippen LogP contribution in [-0.2, 0) is 0 Å². The second-order valence-corrected chi connectivity index (χ2v) is 2.33. The smallest absolute Gasteiger partial charge is 0.236 e. The van der Waals surface area contributed by atoms with E-state index in [0.29, 0.717) is 0 Å². The Bertz CT molecular complexity index is 118. The lowest BCUT2D eigenvalue weighted by Gasteiger charge is -2.14. The molecule has 1 unspecified atom stereocenters. The number of rotatable bonds is 0. The lowest BCUT2D eigenvalue weighted by atomic mass is 10.9. The Hall–Kier alpha value is -0.170. The van der Waals surface area contributed by atoms with Crippen molar-refractivity contribution in [2.24, 2.45) is 9.98 Å². The van der Waals surface area contributed by atoms with Gasteiger partial charge in [0.25, 0.3) is 0 Å². The number of aliphatic hydroxyl groups is 1. The highest BCUT2D eigenvalue weighted by Crippen LogP contribution is 2.03. The fourth-order valence-electron chi connectivity index (χ4n) is 0.315. The van der Waals surface area contributed by atoms with Crippen molar-refractivity contribution < 1.29 is 5.11 Å². The second-order valence-electron chi connectivity index (χ2n) is 1.22. The van der Waals surface area contributed by atoms with E-state index in [-0.39, 0.29) is 0 Å². The number of halogens is 1. The van der Waals surface area contributed by atoms with E-state index in [4.69, 9.17) is 5.11 Å². The quantitative estimate of drug-likeness (QED) is 0.465. The van der Waals surface area contributed by atoms with Crippen LogP contribution in [0.5, 0.6) is 0 Å². The zero-order valence-corrected chi connectivity index (χ0v) is 6.06. The topological polar surface area (TPSA) is 48.2 Å². The molecule has 0 amide bonds. The number of aliphatic hydroxyl groups excluding tert-OH is 1. The maximum Gasteiger partial charge on any atom is 0.236 e. The van der Waals surface area contributed by atoms with E-state index in [1.807, 2.05) is 22.9 Å². The number of hydrogen-bond acceptors (Lipinski definition) is 4. The minimum absolute atomic E-state index is 0.756. The summed E-state index contributed by atoms with van der Waals surface area (Å²) < 4.78 is 1.47. The second kappa shape index (κ2) is 2.40. The van der Waals surface area contributed by atoms with Gasteiger partial charge in [-0.2, -0.15) is 0 Å². The molecule has 4 nitrogen and oxygen atoms in total. The third-order valence-corrected chi connectivity index (χ3v) is 1.41. The molecule has 1 rings (SSSR count). The van der Waals surface area contributed by atoms with Gasteiger partial charge in [0, 0.05) is 0 Å². The average Bonchev–Trinajstić information content (AvgIpc) is 1.77. The highest BCUT2D eigenvalue weighted by Gasteiger charge is 2.07. The van der Waals surface area contributed by atoms with E-state index >= 15 is 0 Å². The summed E-state index contributed by atoms with van der Waals surface area (Å²) in [4.78, 5) is 7.21. The van der Waals surface area contributed by atoms with Crippen LogP contribution in [0.2, 0.25) is 0 Å². The Morgan fingerprint density at radius 1 is 1.75 bits per heavy atom. The first-order valence-electron chi connectivity index (χ1n) is 1.98. The standard InChI is InChI=1S/C3H4IN3O/c4-7-2-5-1-6-3(7)8/h1-3,8H. The first-order chi connectivity index (χ1) is 3.80. The zero-order valence-electron chi connectivity index (χ0n) is 3.90. The molecule has 0 saturated heterocycles. The molecule has 0 aromatic rings. The molecule has 8 heavy (non-hydrogen) atoms. The van der Waals surface area contributed by atoms with Gasteiger partial charge in [0.1, 0.15) is 12.7 Å². The van der Waals surface area contributed by atoms with Gasteiger partial charge >= 0.3 is 0 Å². The molecule has 1 heterocycles. The van der Waals surface area contributed by atoms with E-state index in [1.54, 1.807) is 0 Å². The van der Waals surface area contributed by atoms with Crippen LogP contribution in [0.3, 0.4) is 0 Å². The molecule has 1 N–H and O–H groups in total. The molecule has 1 atom stereocenters. The number of aliphatic imine (C=N–C) groups is 2. The van der Waals surface area contributed by atoms with Gasteiger partial charge in [-0.25, -0.2) is 9.98 Å². The molecule has 44 valence electrons. The van der Waals surface area contributed by atoms with Crippen molar-refractivity contribution in [3.8, 4) is 0 Å². The van der Waals surface area contributed by atoms with Crippen LogP contribution in [0.15, 0.2) is 9.98 Å². The Balaban J connectivity index is 2.59. The summed E-state index contributed by atoms with van der Waals surface area (Å²) in [5.41, 5.74) is 0. The molecule has 5 heteroatoms. The predicted octanol–water partition coefficient (Wildman–Crippen LogP) is -0.0155. The Labute approximate surface area is 60.4 Å². The van der Waals surface area contributed by atoms with E-state index in [2.05, 4.69) is 9.98 Å². The summed E-state index contributed by atoms with van der Waals surface area (Å²) in [6, 6.07) is 0. The predicted molar refractivity (Wildman–Crippen MR) is 38.8 cm³/mol. The van der Waals surface area contributed by atoms with Gasteiger partial charge in [-0.1, -0.05) is 0 Å². The summed E-state index contributed by atoms with van der Waals surface area (Å²) in [7, 11) is 0. The monoisotopic (exact) mass is 225 g/mol. The normalized spacial score (nSPS) is 26.8. The fourth-order valence-corrected chi connectivity index (χ4v) is 0.603. The van der Waals surface area contributed by atoms with Crippen molar-refractivity contribution in [2.45, 2.75) is 6.35 Å². The summed E-state index contributed by atoms with van der Waals surface area (Å²) in [5.74, 6) is 0. The van der Waals surface area contributed by atoms with Crippen molar-refractivity contribution in [1.82, 2.24) is 3.11 Å². The van der Waals surface area contributed by atoms with Crippen molar-refractivity contribution in [2.75, 3.05) is 0 Å². The molecule has 0 bridgehead atoms. The molecule has 0 fully saturated rings. The molecule has 1 aliphatic heterocycles. The summed E-state index contributed by atoms with van der Waals surface area (Å²) in [5, 5.41) is 8.81. The van der Waals surface area contributed by atoms with Crippen LogP contribution in [0.4, 0.5) is 0 Å². The first kappa shape index (κ1) is 5.96. The summed E-state index contributed by atoms with van der Waals surface area (Å²) in [6.07, 6.45) is 2.06. The molecule has 0 radical (unpaired) electrons. The van der Waals surface area contributed by atoms with Crippen molar-refractivity contribution in [3.63, 3.8) is 0 Å². The molecule has 0 aromatic heterocycles. The Morgan fingerprint density at radius 2 is 2.50 bits per heavy atom. The van der Waals surface area contributed by atoms with Crippen LogP contribution in [-0.4, -0.2) is 27.2 Å². The lowest BCUT2D eigenvalue weighted by molar-refractivity contribution is 0.129. The average molecular weight is 225 g/mol. The third-order valence-electron chi connectivity index (χ3n) is 0.664. The highest BCUT2D eigenvalue weighted by atomic mass is 127. The number of nitrogens with zero attached hydrogens (tertiary/aromatic N) is 3. The van der Waals surface area contributed by atoms with Crippen molar-refractivity contribution >= 4 is 35.5 Å². The molecular formula is C3H4IN3O. The van der Waals surface area contributed by atoms with Gasteiger partial charge in [-0.3, -0.25) is 3.11 Å². The van der Waals surface area contributed by atoms with Crippen LogP contribution in [0, 0.1) is 0 Å². The fraction of sp³-hybridized carbons (Fsp3) is 0.333. The maximum atomic E-state index is 8.81. The van der Waals surface area contributed by atoms with Crippen LogP contribution >= 0.6 is 22.9 Å². The minimum Gasteiger partial charge on any atom is -0.354 e. The van der Waals surface area contributed by atoms with Crippen LogP contribution < -0.4 is 0 Å². The van der Waals surface area contributed by atoms with Gasteiger partial charge < -0.3 is 5.11 Å². The largest absolute Gasteiger partial charge is 0.354 e. The minimum atomic E-state index is -0.756. The van der Waals surface area contributed by atoms with Gasteiger partial charge in [0.2, 0.25) is 6.35 Å². The van der Waals surface area contributed by atoms with Crippen LogP contribution in [0.1, 0.15) is 0 Å². The molecule has 0 aromatic carbocycles. The highest BCUT2D eigenvalue weighted by molar-refractivity contribution is 14.1. The first-order valence-corrected chi connectivity index (χ1v) is 2.94. The molecular weight excluding hydrogens is 221 g/mol. The molecule has 0 aliphatic carbocycles. The van der Waals surface area contributed by atoms with E-state index in [0.717, 1.165) is 0 Å². The van der Waals surface area contributed by atoms with Crippen molar-refractivity contribution in [1.29, 1.82) is 0 Å². The molecule has 1 aliphatic rings. The van der Waals surface area contributed by atoms with Gasteiger partial charge in [0.15, 0.2) is 0 Å². The third kappa shape index (κ3) is 1.16. The van der Waals surface area contributed by atoms with Gasteiger partial charge in [0.05, 0.1) is 22.9 Å². The summed E-state index contributed by atoms with van der Waals surface area (Å²) in [6.45, 7) is 0. The van der Waals surface area contributed by atoms with E-state index in [1.165, 1.54) is 15.8 Å².